The second-order valence-corrected chi connectivity index (χ2v) is 6.33. The summed E-state index contributed by atoms with van der Waals surface area (Å²) in [6.45, 7) is 2.90. The maximum atomic E-state index is 12.9. The van der Waals surface area contributed by atoms with Crippen molar-refractivity contribution in [3.05, 3.63) is 51.7 Å². The van der Waals surface area contributed by atoms with E-state index in [-0.39, 0.29) is 43.1 Å². The number of hydrogen-bond donors (Lipinski definition) is 2. The first-order chi connectivity index (χ1) is 12.0. The molecule has 0 bridgehead atoms. The average Bonchev–Trinajstić information content (AvgIpc) is 3.07. The number of nitrogens with one attached hydrogen (secondary N) is 1. The molecule has 2 aromatic rings. The van der Waals surface area contributed by atoms with Crippen molar-refractivity contribution >= 4 is 35.6 Å². The predicted molar refractivity (Wildman–Crippen MR) is 102 cm³/mol. The van der Waals surface area contributed by atoms with Crippen LogP contribution >= 0.6 is 23.7 Å². The van der Waals surface area contributed by atoms with Crippen molar-refractivity contribution in [1.82, 2.24) is 15.2 Å². The Balaban J connectivity index is 0.00000338. The van der Waals surface area contributed by atoms with Crippen LogP contribution in [0.3, 0.4) is 0 Å². The van der Waals surface area contributed by atoms with Gasteiger partial charge in [0.2, 0.25) is 5.91 Å². The van der Waals surface area contributed by atoms with Gasteiger partial charge < -0.3 is 16.0 Å². The van der Waals surface area contributed by atoms with Gasteiger partial charge in [0, 0.05) is 24.9 Å². The number of aromatic nitrogens is 1. The smallest absolute Gasteiger partial charge is 0.273 e. The minimum absolute atomic E-state index is 0. The Bertz CT molecular complexity index is 724. The van der Waals surface area contributed by atoms with E-state index in [2.05, 4.69) is 10.3 Å². The zero-order chi connectivity index (χ0) is 18.2. The highest BCUT2D eigenvalue weighted by atomic mass is 35.5. The number of carbonyl (C=O) groups excluding carboxylic acids is 2. The van der Waals surface area contributed by atoms with E-state index >= 15 is 0 Å². The normalized spacial score (nSPS) is 10.1. The molecule has 0 atom stereocenters. The molecule has 0 unspecified atom stereocenters. The summed E-state index contributed by atoms with van der Waals surface area (Å²) < 4.78 is 12.9. The van der Waals surface area contributed by atoms with Crippen molar-refractivity contribution in [2.24, 2.45) is 5.73 Å². The molecule has 0 saturated carbocycles. The van der Waals surface area contributed by atoms with E-state index < -0.39 is 0 Å². The summed E-state index contributed by atoms with van der Waals surface area (Å²) in [4.78, 5) is 30.2. The van der Waals surface area contributed by atoms with Crippen LogP contribution in [0.5, 0.6) is 0 Å². The van der Waals surface area contributed by atoms with Crippen molar-refractivity contribution in [1.29, 1.82) is 0 Å². The van der Waals surface area contributed by atoms with E-state index in [1.165, 1.54) is 28.4 Å². The fraction of sp³-hybridized carbons (Fsp3) is 0.353. The van der Waals surface area contributed by atoms with Crippen LogP contribution in [0.1, 0.15) is 28.0 Å². The summed E-state index contributed by atoms with van der Waals surface area (Å²) in [5.41, 5.74) is 6.61. The Morgan fingerprint density at radius 3 is 2.62 bits per heavy atom. The largest absolute Gasteiger partial charge is 0.350 e. The van der Waals surface area contributed by atoms with Gasteiger partial charge in [-0.05, 0) is 31.2 Å². The standard InChI is InChI=1S/C17H21FN4O2S.ClH/c1-2-22(17(24)14-11-25-16(21-14)7-8-19)10-15(23)20-9-12-3-5-13(18)6-4-12;/h3-6,11H,2,7-10,19H2,1H3,(H,20,23);1H. The minimum Gasteiger partial charge on any atom is -0.350 e. The Kier molecular flexibility index (Phi) is 9.18. The van der Waals surface area contributed by atoms with Crippen molar-refractivity contribution in [2.75, 3.05) is 19.6 Å². The lowest BCUT2D eigenvalue weighted by Crippen LogP contribution is -2.40. The molecule has 0 aliphatic carbocycles. The van der Waals surface area contributed by atoms with Crippen LogP contribution < -0.4 is 11.1 Å². The fourth-order valence-electron chi connectivity index (χ4n) is 2.17. The molecule has 1 heterocycles. The summed E-state index contributed by atoms with van der Waals surface area (Å²) >= 11 is 1.39. The van der Waals surface area contributed by atoms with Gasteiger partial charge in [-0.1, -0.05) is 12.1 Å². The number of benzene rings is 1. The summed E-state index contributed by atoms with van der Waals surface area (Å²) in [5.74, 6) is -0.883. The molecule has 3 N–H and O–H groups in total. The van der Waals surface area contributed by atoms with Gasteiger partial charge in [-0.2, -0.15) is 0 Å². The summed E-state index contributed by atoms with van der Waals surface area (Å²) in [6.07, 6.45) is 0.627. The SMILES string of the molecule is CCN(CC(=O)NCc1ccc(F)cc1)C(=O)c1csc(CCN)n1.Cl. The van der Waals surface area contributed by atoms with Gasteiger partial charge in [0.1, 0.15) is 11.5 Å². The average molecular weight is 401 g/mol. The number of halogens is 2. The molecule has 6 nitrogen and oxygen atoms in total. The third-order valence-electron chi connectivity index (χ3n) is 3.54. The third kappa shape index (κ3) is 6.36. The Labute approximate surface area is 162 Å². The van der Waals surface area contributed by atoms with Crippen molar-refractivity contribution < 1.29 is 14.0 Å². The van der Waals surface area contributed by atoms with E-state index in [0.29, 0.717) is 25.2 Å². The van der Waals surface area contributed by atoms with Gasteiger partial charge in [-0.25, -0.2) is 9.37 Å². The van der Waals surface area contributed by atoms with Crippen molar-refractivity contribution in [2.45, 2.75) is 19.9 Å². The quantitative estimate of drug-likeness (QED) is 0.709. The molecule has 0 aliphatic rings. The Hall–Kier alpha value is -2.03. The molecule has 2 rings (SSSR count). The van der Waals surface area contributed by atoms with Gasteiger partial charge >= 0.3 is 0 Å². The molecule has 1 aromatic carbocycles. The van der Waals surface area contributed by atoms with Gasteiger partial charge in [-0.15, -0.1) is 23.7 Å². The van der Waals surface area contributed by atoms with Crippen molar-refractivity contribution in [3.63, 3.8) is 0 Å². The number of thiazole rings is 1. The first-order valence-corrected chi connectivity index (χ1v) is 8.86. The lowest BCUT2D eigenvalue weighted by molar-refractivity contribution is -0.121. The minimum atomic E-state index is -0.324. The second-order valence-electron chi connectivity index (χ2n) is 5.39. The van der Waals surface area contributed by atoms with Crippen LogP contribution in [0.15, 0.2) is 29.6 Å². The van der Waals surface area contributed by atoms with Crippen molar-refractivity contribution in [3.8, 4) is 0 Å². The van der Waals surface area contributed by atoms with Crippen LogP contribution in [-0.2, 0) is 17.8 Å². The molecule has 142 valence electrons. The van der Waals surface area contributed by atoms with Gasteiger partial charge in [0.05, 0.1) is 11.6 Å². The number of rotatable bonds is 8. The Morgan fingerprint density at radius 2 is 2.00 bits per heavy atom. The number of amides is 2. The zero-order valence-corrected chi connectivity index (χ0v) is 16.0. The van der Waals surface area contributed by atoms with Gasteiger partial charge in [-0.3, -0.25) is 9.59 Å². The van der Waals surface area contributed by atoms with Crippen LogP contribution in [-0.4, -0.2) is 41.3 Å². The van der Waals surface area contributed by atoms with E-state index in [1.807, 2.05) is 0 Å². The van der Waals surface area contributed by atoms with Crippen LogP contribution in [0, 0.1) is 5.82 Å². The van der Waals surface area contributed by atoms with Crippen LogP contribution in [0.2, 0.25) is 0 Å². The Morgan fingerprint density at radius 1 is 1.31 bits per heavy atom. The highest BCUT2D eigenvalue weighted by Gasteiger charge is 2.19. The summed E-state index contributed by atoms with van der Waals surface area (Å²) in [6, 6.07) is 5.88. The lowest BCUT2D eigenvalue weighted by atomic mass is 10.2. The molecular weight excluding hydrogens is 379 g/mol. The number of nitrogens with zero attached hydrogens (tertiary/aromatic N) is 2. The maximum Gasteiger partial charge on any atom is 0.273 e. The molecule has 0 spiro atoms. The molecule has 0 radical (unpaired) electrons. The number of nitrogens with two attached hydrogens (primary N) is 1. The second kappa shape index (κ2) is 10.8. The van der Waals surface area contributed by atoms with Crippen LogP contribution in [0.4, 0.5) is 4.39 Å². The first-order valence-electron chi connectivity index (χ1n) is 7.98. The summed E-state index contributed by atoms with van der Waals surface area (Å²) in [7, 11) is 0. The lowest BCUT2D eigenvalue weighted by Gasteiger charge is -2.19. The third-order valence-corrected chi connectivity index (χ3v) is 4.44. The number of likely N-dealkylation sites (N-methyl/N-ethyl adjacent to an activating group) is 1. The predicted octanol–water partition coefficient (Wildman–Crippen LogP) is 1.98. The molecule has 1 aromatic heterocycles. The van der Waals surface area contributed by atoms with Gasteiger partial charge in [0.15, 0.2) is 0 Å². The molecule has 0 saturated heterocycles. The highest BCUT2D eigenvalue weighted by molar-refractivity contribution is 7.09. The van der Waals surface area contributed by atoms with E-state index in [9.17, 15) is 14.0 Å². The monoisotopic (exact) mass is 400 g/mol. The van der Waals surface area contributed by atoms with E-state index in [1.54, 1.807) is 24.4 Å². The number of carbonyl (C=O) groups is 2. The topological polar surface area (TPSA) is 88.3 Å². The highest BCUT2D eigenvalue weighted by Crippen LogP contribution is 2.12. The molecule has 9 heteroatoms. The molecule has 0 aliphatic heterocycles. The molecule has 2 amide bonds. The molecule has 26 heavy (non-hydrogen) atoms. The maximum absolute atomic E-state index is 12.9. The van der Waals surface area contributed by atoms with E-state index in [4.69, 9.17) is 5.73 Å². The molecular formula is C17H22ClFN4O2S. The first kappa shape index (κ1) is 22.0. The van der Waals surface area contributed by atoms with Gasteiger partial charge in [0.25, 0.3) is 5.91 Å². The molecule has 0 fully saturated rings. The number of hydrogen-bond acceptors (Lipinski definition) is 5. The van der Waals surface area contributed by atoms with E-state index in [0.717, 1.165) is 10.6 Å². The zero-order valence-electron chi connectivity index (χ0n) is 14.4. The summed E-state index contributed by atoms with van der Waals surface area (Å²) in [5, 5.41) is 5.22. The fourth-order valence-corrected chi connectivity index (χ4v) is 2.96. The van der Waals surface area contributed by atoms with Crippen LogP contribution in [0.25, 0.3) is 0 Å².